The van der Waals surface area contributed by atoms with Crippen LogP contribution >= 0.6 is 0 Å². The van der Waals surface area contributed by atoms with Crippen molar-refractivity contribution in [3.05, 3.63) is 0 Å². The number of hydrogen-bond donors (Lipinski definition) is 3. The zero-order chi connectivity index (χ0) is 11.7. The molecular weight excluding hydrogens is 192 g/mol. The van der Waals surface area contributed by atoms with Crippen molar-refractivity contribution in [1.29, 1.82) is 0 Å². The fourth-order valence-corrected chi connectivity index (χ4v) is 1.49. The first-order chi connectivity index (χ1) is 7.10. The first kappa shape index (κ1) is 14.2. The van der Waals surface area contributed by atoms with Gasteiger partial charge in [0.15, 0.2) is 0 Å². The van der Waals surface area contributed by atoms with Crippen LogP contribution in [0.3, 0.4) is 0 Å². The van der Waals surface area contributed by atoms with Crippen LogP contribution in [0.15, 0.2) is 0 Å². The fraction of sp³-hybridized carbons (Fsp3) is 0.909. The van der Waals surface area contributed by atoms with Gasteiger partial charge in [0.25, 0.3) is 0 Å². The van der Waals surface area contributed by atoms with Gasteiger partial charge in [-0.3, -0.25) is 0 Å². The maximum Gasteiger partial charge on any atom is 0.314 e. The topological polar surface area (TPSA) is 61.4 Å². The number of amides is 2. The summed E-state index contributed by atoms with van der Waals surface area (Å²) in [6, 6.07) is 0.0384. The lowest BCUT2D eigenvalue weighted by molar-refractivity contribution is 0.227. The van der Waals surface area contributed by atoms with E-state index in [0.29, 0.717) is 12.5 Å². The average molecular weight is 216 g/mol. The van der Waals surface area contributed by atoms with Crippen molar-refractivity contribution in [2.24, 2.45) is 5.92 Å². The number of carbonyl (C=O) groups excluding carboxylic acids is 1. The van der Waals surface area contributed by atoms with E-state index in [1.54, 1.807) is 0 Å². The SMILES string of the molecule is CCCC(CCO)CNC(=O)NC(C)C. The van der Waals surface area contributed by atoms with Crippen molar-refractivity contribution in [1.82, 2.24) is 10.6 Å². The lowest BCUT2D eigenvalue weighted by Gasteiger charge is -2.16. The molecule has 90 valence electrons. The van der Waals surface area contributed by atoms with Gasteiger partial charge in [0.05, 0.1) is 0 Å². The number of nitrogens with one attached hydrogen (secondary N) is 2. The van der Waals surface area contributed by atoms with E-state index < -0.39 is 0 Å². The molecule has 0 aromatic rings. The highest BCUT2D eigenvalue weighted by atomic mass is 16.3. The molecule has 1 atom stereocenters. The minimum atomic E-state index is -0.121. The maximum absolute atomic E-state index is 11.3. The molecule has 15 heavy (non-hydrogen) atoms. The van der Waals surface area contributed by atoms with Gasteiger partial charge in [0.1, 0.15) is 0 Å². The first-order valence-corrected chi connectivity index (χ1v) is 5.75. The van der Waals surface area contributed by atoms with Gasteiger partial charge in [-0.2, -0.15) is 0 Å². The standard InChI is InChI=1S/C11H24N2O2/c1-4-5-10(6-7-14)8-12-11(15)13-9(2)3/h9-10,14H,4-8H2,1-3H3,(H2,12,13,15). The Morgan fingerprint density at radius 1 is 1.33 bits per heavy atom. The molecule has 0 fully saturated rings. The lowest BCUT2D eigenvalue weighted by Crippen LogP contribution is -2.41. The highest BCUT2D eigenvalue weighted by Crippen LogP contribution is 2.08. The van der Waals surface area contributed by atoms with Crippen LogP contribution in [-0.4, -0.2) is 30.3 Å². The van der Waals surface area contributed by atoms with E-state index in [1.807, 2.05) is 13.8 Å². The minimum Gasteiger partial charge on any atom is -0.396 e. The van der Waals surface area contributed by atoms with Crippen LogP contribution in [0.2, 0.25) is 0 Å². The van der Waals surface area contributed by atoms with Gasteiger partial charge in [-0.15, -0.1) is 0 Å². The normalized spacial score (nSPS) is 12.6. The van der Waals surface area contributed by atoms with Gasteiger partial charge in [0.2, 0.25) is 0 Å². The van der Waals surface area contributed by atoms with Gasteiger partial charge in [0, 0.05) is 19.2 Å². The molecule has 0 saturated carbocycles. The van der Waals surface area contributed by atoms with E-state index in [4.69, 9.17) is 5.11 Å². The summed E-state index contributed by atoms with van der Waals surface area (Å²) in [6.45, 7) is 6.80. The molecule has 0 aromatic heterocycles. The van der Waals surface area contributed by atoms with Crippen LogP contribution < -0.4 is 10.6 Å². The minimum absolute atomic E-state index is 0.121. The van der Waals surface area contributed by atoms with Gasteiger partial charge in [-0.1, -0.05) is 13.3 Å². The number of aliphatic hydroxyl groups is 1. The predicted molar refractivity (Wildman–Crippen MR) is 61.8 cm³/mol. The molecule has 0 aliphatic carbocycles. The van der Waals surface area contributed by atoms with Crippen LogP contribution in [0.4, 0.5) is 4.79 Å². The predicted octanol–water partition coefficient (Wildman–Crippen LogP) is 1.49. The van der Waals surface area contributed by atoms with Gasteiger partial charge >= 0.3 is 6.03 Å². The summed E-state index contributed by atoms with van der Waals surface area (Å²) in [5, 5.41) is 14.4. The molecule has 0 bridgehead atoms. The van der Waals surface area contributed by atoms with Crippen molar-refractivity contribution in [2.75, 3.05) is 13.2 Å². The van der Waals surface area contributed by atoms with Crippen molar-refractivity contribution in [2.45, 2.75) is 46.1 Å². The first-order valence-electron chi connectivity index (χ1n) is 5.75. The van der Waals surface area contributed by atoms with Gasteiger partial charge < -0.3 is 15.7 Å². The van der Waals surface area contributed by atoms with E-state index >= 15 is 0 Å². The molecule has 0 aliphatic rings. The molecule has 0 aliphatic heterocycles. The monoisotopic (exact) mass is 216 g/mol. The Bertz CT molecular complexity index is 166. The summed E-state index contributed by atoms with van der Waals surface area (Å²) < 4.78 is 0. The summed E-state index contributed by atoms with van der Waals surface area (Å²) in [4.78, 5) is 11.3. The Hall–Kier alpha value is -0.770. The zero-order valence-electron chi connectivity index (χ0n) is 10.0. The van der Waals surface area contributed by atoms with Crippen LogP contribution in [-0.2, 0) is 0 Å². The largest absolute Gasteiger partial charge is 0.396 e. The fourth-order valence-electron chi connectivity index (χ4n) is 1.49. The molecule has 2 amide bonds. The smallest absolute Gasteiger partial charge is 0.314 e. The molecule has 4 nitrogen and oxygen atoms in total. The van der Waals surface area contributed by atoms with Crippen molar-refractivity contribution in [3.63, 3.8) is 0 Å². The summed E-state index contributed by atoms with van der Waals surface area (Å²) in [5.41, 5.74) is 0. The van der Waals surface area contributed by atoms with E-state index in [0.717, 1.165) is 19.3 Å². The number of urea groups is 1. The van der Waals surface area contributed by atoms with Crippen molar-refractivity contribution >= 4 is 6.03 Å². The molecule has 0 heterocycles. The zero-order valence-corrected chi connectivity index (χ0v) is 10.0. The van der Waals surface area contributed by atoms with Crippen molar-refractivity contribution < 1.29 is 9.90 Å². The average Bonchev–Trinajstić information content (AvgIpc) is 2.14. The number of carbonyl (C=O) groups is 1. The Balaban J connectivity index is 3.72. The Morgan fingerprint density at radius 2 is 2.00 bits per heavy atom. The summed E-state index contributed by atoms with van der Waals surface area (Å²) >= 11 is 0. The van der Waals surface area contributed by atoms with Crippen LogP contribution in [0.1, 0.15) is 40.0 Å². The summed E-state index contributed by atoms with van der Waals surface area (Å²) in [5.74, 6) is 0.387. The van der Waals surface area contributed by atoms with E-state index in [9.17, 15) is 4.79 Å². The number of rotatable bonds is 7. The highest BCUT2D eigenvalue weighted by Gasteiger charge is 2.09. The second kappa shape index (κ2) is 8.53. The van der Waals surface area contributed by atoms with E-state index in [-0.39, 0.29) is 18.7 Å². The third kappa shape index (κ3) is 8.24. The Morgan fingerprint density at radius 3 is 2.47 bits per heavy atom. The summed E-state index contributed by atoms with van der Waals surface area (Å²) in [7, 11) is 0. The molecule has 1 unspecified atom stereocenters. The third-order valence-electron chi connectivity index (χ3n) is 2.21. The number of aliphatic hydroxyl groups excluding tert-OH is 1. The molecule has 3 N–H and O–H groups in total. The molecule has 4 heteroatoms. The lowest BCUT2D eigenvalue weighted by atomic mass is 10.0. The van der Waals surface area contributed by atoms with E-state index in [1.165, 1.54) is 0 Å². The van der Waals surface area contributed by atoms with Gasteiger partial charge in [-0.05, 0) is 32.6 Å². The molecule has 0 radical (unpaired) electrons. The molecule has 0 saturated heterocycles. The molecule has 0 aromatic carbocycles. The maximum atomic E-state index is 11.3. The molecular formula is C11H24N2O2. The summed E-state index contributed by atoms with van der Waals surface area (Å²) in [6.07, 6.45) is 2.89. The Kier molecular flexibility index (Phi) is 8.09. The van der Waals surface area contributed by atoms with Crippen LogP contribution in [0, 0.1) is 5.92 Å². The highest BCUT2D eigenvalue weighted by molar-refractivity contribution is 5.74. The van der Waals surface area contributed by atoms with Crippen LogP contribution in [0.5, 0.6) is 0 Å². The quantitative estimate of drug-likeness (QED) is 0.604. The van der Waals surface area contributed by atoms with Crippen LogP contribution in [0.25, 0.3) is 0 Å². The molecule has 0 spiro atoms. The third-order valence-corrected chi connectivity index (χ3v) is 2.21. The molecule has 0 rings (SSSR count). The second-order valence-corrected chi connectivity index (χ2v) is 4.18. The van der Waals surface area contributed by atoms with Crippen molar-refractivity contribution in [3.8, 4) is 0 Å². The number of hydrogen-bond acceptors (Lipinski definition) is 2. The van der Waals surface area contributed by atoms with Gasteiger partial charge in [-0.25, -0.2) is 4.79 Å². The van der Waals surface area contributed by atoms with E-state index in [2.05, 4.69) is 17.6 Å². The Labute approximate surface area is 92.4 Å². The second-order valence-electron chi connectivity index (χ2n) is 4.18.